The third kappa shape index (κ3) is 1.88. The molecular weight excluding hydrogens is 298 g/mol. The maximum absolute atomic E-state index is 11.3. The second-order valence-corrected chi connectivity index (χ2v) is 4.83. The number of benzene rings is 1. The first-order valence-electron chi connectivity index (χ1n) is 5.42. The molecule has 1 aromatic heterocycles. The highest BCUT2D eigenvalue weighted by molar-refractivity contribution is 9.10. The van der Waals surface area contributed by atoms with E-state index >= 15 is 0 Å². The van der Waals surface area contributed by atoms with Crippen LogP contribution in [0.15, 0.2) is 22.8 Å². The molecule has 2 heterocycles. The van der Waals surface area contributed by atoms with E-state index < -0.39 is 0 Å². The van der Waals surface area contributed by atoms with Gasteiger partial charge in [0.05, 0.1) is 5.69 Å². The van der Waals surface area contributed by atoms with Gasteiger partial charge in [-0.2, -0.15) is 0 Å². The number of hydrogen-bond donors (Lipinski definition) is 2. The number of amides is 1. The van der Waals surface area contributed by atoms with E-state index in [2.05, 4.69) is 31.2 Å². The molecular formula is C12H10BrN3O2. The number of nitrogens with one attached hydrogen (secondary N) is 2. The Kier molecular flexibility index (Phi) is 2.59. The van der Waals surface area contributed by atoms with Crippen molar-refractivity contribution in [2.75, 3.05) is 11.9 Å². The largest absolute Gasteiger partial charge is 0.482 e. The van der Waals surface area contributed by atoms with Crippen LogP contribution in [0.1, 0.15) is 5.82 Å². The number of imidazole rings is 1. The van der Waals surface area contributed by atoms with Crippen molar-refractivity contribution in [1.29, 1.82) is 0 Å². The fourth-order valence-corrected chi connectivity index (χ4v) is 2.49. The molecule has 1 aromatic carbocycles. The van der Waals surface area contributed by atoms with Crippen molar-refractivity contribution in [3.05, 3.63) is 28.6 Å². The molecule has 2 aromatic rings. The molecule has 0 aliphatic carbocycles. The molecule has 3 rings (SSSR count). The number of H-pyrrole nitrogens is 1. The lowest BCUT2D eigenvalue weighted by atomic mass is 10.1. The number of ether oxygens (including phenoxy) is 1. The van der Waals surface area contributed by atoms with Crippen LogP contribution >= 0.6 is 15.9 Å². The van der Waals surface area contributed by atoms with Gasteiger partial charge in [-0.05, 0) is 41.1 Å². The lowest BCUT2D eigenvalue weighted by Crippen LogP contribution is -2.25. The summed E-state index contributed by atoms with van der Waals surface area (Å²) in [5.41, 5.74) is 2.40. The van der Waals surface area contributed by atoms with Crippen molar-refractivity contribution >= 4 is 27.5 Å². The van der Waals surface area contributed by atoms with Crippen LogP contribution < -0.4 is 10.1 Å². The quantitative estimate of drug-likeness (QED) is 0.850. The maximum Gasteiger partial charge on any atom is 0.262 e. The Bertz CT molecular complexity index is 636. The van der Waals surface area contributed by atoms with Crippen LogP contribution in [0.2, 0.25) is 0 Å². The van der Waals surface area contributed by atoms with E-state index in [4.69, 9.17) is 4.74 Å². The Morgan fingerprint density at radius 2 is 2.28 bits per heavy atom. The summed E-state index contributed by atoms with van der Waals surface area (Å²) in [6, 6.07) is 5.60. The number of aryl methyl sites for hydroxylation is 1. The van der Waals surface area contributed by atoms with E-state index in [0.717, 1.165) is 21.7 Å². The van der Waals surface area contributed by atoms with Crippen molar-refractivity contribution < 1.29 is 9.53 Å². The lowest BCUT2D eigenvalue weighted by Gasteiger charge is -2.18. The molecule has 0 atom stereocenters. The molecule has 92 valence electrons. The number of carbonyl (C=O) groups excluding carboxylic acids is 1. The second kappa shape index (κ2) is 4.13. The van der Waals surface area contributed by atoms with Crippen LogP contribution in [0, 0.1) is 6.92 Å². The average Bonchev–Trinajstić information content (AvgIpc) is 2.67. The van der Waals surface area contributed by atoms with E-state index in [9.17, 15) is 4.79 Å². The molecule has 0 saturated carbocycles. The monoisotopic (exact) mass is 307 g/mol. The first kappa shape index (κ1) is 11.3. The number of anilines is 1. The normalized spacial score (nSPS) is 13.8. The third-order valence-corrected chi connectivity index (χ3v) is 3.24. The first-order valence-corrected chi connectivity index (χ1v) is 6.22. The number of nitrogens with zero attached hydrogens (tertiary/aromatic N) is 1. The molecule has 0 fully saturated rings. The van der Waals surface area contributed by atoms with Gasteiger partial charge in [-0.15, -0.1) is 0 Å². The number of hydrogen-bond acceptors (Lipinski definition) is 3. The van der Waals surface area contributed by atoms with Gasteiger partial charge >= 0.3 is 0 Å². The summed E-state index contributed by atoms with van der Waals surface area (Å²) in [5.74, 6) is 1.37. The van der Waals surface area contributed by atoms with Gasteiger partial charge in [0.1, 0.15) is 21.9 Å². The molecule has 18 heavy (non-hydrogen) atoms. The SMILES string of the molecule is Cc1nc(-c2ccc3c(c2)NC(=O)CO3)c(Br)[nH]1. The number of aromatic amines is 1. The fraction of sp³-hybridized carbons (Fsp3) is 0.167. The summed E-state index contributed by atoms with van der Waals surface area (Å²) < 4.78 is 6.13. The summed E-state index contributed by atoms with van der Waals surface area (Å²) in [4.78, 5) is 18.8. The van der Waals surface area contributed by atoms with Gasteiger partial charge in [0.2, 0.25) is 0 Å². The maximum atomic E-state index is 11.3. The van der Waals surface area contributed by atoms with Crippen molar-refractivity contribution in [2.24, 2.45) is 0 Å². The van der Waals surface area contributed by atoms with Crippen molar-refractivity contribution in [1.82, 2.24) is 9.97 Å². The zero-order valence-electron chi connectivity index (χ0n) is 9.58. The molecule has 0 unspecified atom stereocenters. The van der Waals surface area contributed by atoms with Gasteiger partial charge in [-0.3, -0.25) is 4.79 Å². The smallest absolute Gasteiger partial charge is 0.262 e. The molecule has 1 amide bonds. The van der Waals surface area contributed by atoms with Crippen molar-refractivity contribution in [3.63, 3.8) is 0 Å². The average molecular weight is 308 g/mol. The van der Waals surface area contributed by atoms with Crippen molar-refractivity contribution in [2.45, 2.75) is 6.92 Å². The zero-order chi connectivity index (χ0) is 12.7. The van der Waals surface area contributed by atoms with Crippen molar-refractivity contribution in [3.8, 4) is 17.0 Å². The van der Waals surface area contributed by atoms with Gasteiger partial charge in [0, 0.05) is 5.56 Å². The standard InChI is InChI=1S/C12H10BrN3O2/c1-6-14-11(12(13)15-6)7-2-3-9-8(4-7)16-10(17)5-18-9/h2-4H,5H2,1H3,(H,14,15)(H,16,17). The molecule has 0 spiro atoms. The Balaban J connectivity index is 2.07. The van der Waals surface area contributed by atoms with Gasteiger partial charge in [-0.25, -0.2) is 4.98 Å². The van der Waals surface area contributed by atoms with E-state index in [-0.39, 0.29) is 12.5 Å². The summed E-state index contributed by atoms with van der Waals surface area (Å²) in [6.45, 7) is 1.95. The lowest BCUT2D eigenvalue weighted by molar-refractivity contribution is -0.118. The molecule has 0 radical (unpaired) electrons. The Morgan fingerprint density at radius 3 is 3.00 bits per heavy atom. The minimum Gasteiger partial charge on any atom is -0.482 e. The second-order valence-electron chi connectivity index (χ2n) is 4.03. The number of aromatic nitrogens is 2. The molecule has 5 nitrogen and oxygen atoms in total. The third-order valence-electron chi connectivity index (χ3n) is 2.66. The van der Waals surface area contributed by atoms with E-state index in [0.29, 0.717) is 11.4 Å². The summed E-state index contributed by atoms with van der Waals surface area (Å²) in [6.07, 6.45) is 0. The zero-order valence-corrected chi connectivity index (χ0v) is 11.2. The molecule has 2 N–H and O–H groups in total. The predicted octanol–water partition coefficient (Wildman–Crippen LogP) is 2.48. The topological polar surface area (TPSA) is 67.0 Å². The number of carbonyl (C=O) groups is 1. The van der Waals surface area contributed by atoms with Crippen LogP contribution in [-0.4, -0.2) is 22.5 Å². The van der Waals surface area contributed by atoms with Crippen LogP contribution in [0.5, 0.6) is 5.75 Å². The summed E-state index contributed by atoms with van der Waals surface area (Å²) >= 11 is 3.43. The van der Waals surface area contributed by atoms with Gasteiger partial charge in [0.15, 0.2) is 6.61 Å². The first-order chi connectivity index (χ1) is 8.63. The number of fused-ring (bicyclic) bond motifs is 1. The highest BCUT2D eigenvalue weighted by Crippen LogP contribution is 2.34. The molecule has 6 heteroatoms. The van der Waals surface area contributed by atoms with E-state index in [1.165, 1.54) is 0 Å². The molecule has 0 saturated heterocycles. The number of halogens is 1. The highest BCUT2D eigenvalue weighted by atomic mass is 79.9. The van der Waals surface area contributed by atoms with Gasteiger partial charge < -0.3 is 15.0 Å². The minimum atomic E-state index is -0.142. The highest BCUT2D eigenvalue weighted by Gasteiger charge is 2.17. The molecule has 1 aliphatic rings. The van der Waals surface area contributed by atoms with Crippen LogP contribution in [0.3, 0.4) is 0 Å². The van der Waals surface area contributed by atoms with E-state index in [1.807, 2.05) is 25.1 Å². The summed E-state index contributed by atoms with van der Waals surface area (Å²) in [7, 11) is 0. The molecule has 1 aliphatic heterocycles. The Labute approximate surface area is 112 Å². The number of rotatable bonds is 1. The van der Waals surface area contributed by atoms with Crippen LogP contribution in [-0.2, 0) is 4.79 Å². The fourth-order valence-electron chi connectivity index (χ4n) is 1.88. The minimum absolute atomic E-state index is 0.0670. The predicted molar refractivity (Wildman–Crippen MR) is 70.6 cm³/mol. The van der Waals surface area contributed by atoms with Crippen LogP contribution in [0.25, 0.3) is 11.3 Å². The van der Waals surface area contributed by atoms with Crippen LogP contribution in [0.4, 0.5) is 5.69 Å². The van der Waals surface area contributed by atoms with Gasteiger partial charge in [0.25, 0.3) is 5.91 Å². The van der Waals surface area contributed by atoms with Gasteiger partial charge in [-0.1, -0.05) is 0 Å². The Hall–Kier alpha value is -1.82. The van der Waals surface area contributed by atoms with E-state index in [1.54, 1.807) is 0 Å². The Morgan fingerprint density at radius 1 is 1.44 bits per heavy atom. The molecule has 0 bridgehead atoms. The summed E-state index contributed by atoms with van der Waals surface area (Å²) in [5, 5.41) is 2.78.